The second-order valence-corrected chi connectivity index (χ2v) is 2.81. The molecule has 0 aromatic rings. The lowest BCUT2D eigenvalue weighted by Crippen LogP contribution is -2.53. The predicted molar refractivity (Wildman–Crippen MR) is 39.5 cm³/mol. The number of aliphatic hydroxyl groups is 4. The highest BCUT2D eigenvalue weighted by Gasteiger charge is 2.40. The summed E-state index contributed by atoms with van der Waals surface area (Å²) in [7, 11) is 5.26. The quantitative estimate of drug-likeness (QED) is 0.326. The Morgan fingerprint density at radius 3 is 2.25 bits per heavy atom. The van der Waals surface area contributed by atoms with Gasteiger partial charge < -0.3 is 25.2 Å². The molecule has 0 spiro atoms. The molecule has 5 nitrogen and oxygen atoms in total. The number of hydrogen-bond acceptors (Lipinski definition) is 5. The zero-order chi connectivity index (χ0) is 9.30. The molecule has 4 N–H and O–H groups in total. The van der Waals surface area contributed by atoms with Gasteiger partial charge in [-0.3, -0.25) is 0 Å². The van der Waals surface area contributed by atoms with E-state index in [1.54, 1.807) is 0 Å². The maximum Gasteiger partial charge on any atom is 0.152 e. The molecule has 1 aliphatic heterocycles. The molecular formula is C6H11BO5. The molecule has 1 saturated heterocycles. The largest absolute Gasteiger partial charge is 0.394 e. The fourth-order valence-electron chi connectivity index (χ4n) is 1.12. The van der Waals surface area contributed by atoms with Crippen molar-refractivity contribution in [1.82, 2.24) is 0 Å². The summed E-state index contributed by atoms with van der Waals surface area (Å²) in [4.78, 5) is 0. The minimum atomic E-state index is -1.35. The van der Waals surface area contributed by atoms with Crippen LogP contribution in [-0.4, -0.2) is 59.5 Å². The lowest BCUT2D eigenvalue weighted by molar-refractivity contribution is -0.238. The Hall–Kier alpha value is -0.135. The first-order valence-electron chi connectivity index (χ1n) is 3.64. The van der Waals surface area contributed by atoms with E-state index in [0.29, 0.717) is 0 Å². The Bertz CT molecular complexity index is 150. The van der Waals surface area contributed by atoms with Gasteiger partial charge in [0, 0.05) is 5.82 Å². The molecule has 12 heavy (non-hydrogen) atoms. The van der Waals surface area contributed by atoms with Crippen molar-refractivity contribution in [1.29, 1.82) is 0 Å². The molecule has 0 bridgehead atoms. The highest BCUT2D eigenvalue weighted by atomic mass is 16.6. The van der Waals surface area contributed by atoms with Gasteiger partial charge in [-0.1, -0.05) is 0 Å². The number of hydrogen-bond donors (Lipinski definition) is 4. The summed E-state index contributed by atoms with van der Waals surface area (Å²) in [6.45, 7) is -0.470. The van der Waals surface area contributed by atoms with E-state index in [0.717, 1.165) is 0 Å². The smallest absolute Gasteiger partial charge is 0.152 e. The van der Waals surface area contributed by atoms with Crippen molar-refractivity contribution in [3.8, 4) is 0 Å². The highest BCUT2D eigenvalue weighted by molar-refractivity contribution is 6.12. The zero-order valence-electron chi connectivity index (χ0n) is 6.37. The third-order valence-corrected chi connectivity index (χ3v) is 1.95. The van der Waals surface area contributed by atoms with Crippen LogP contribution in [0.3, 0.4) is 0 Å². The van der Waals surface area contributed by atoms with Gasteiger partial charge in [0.15, 0.2) is 6.29 Å². The van der Waals surface area contributed by atoms with E-state index >= 15 is 0 Å². The number of ether oxygens (including phenoxy) is 1. The van der Waals surface area contributed by atoms with Crippen molar-refractivity contribution < 1.29 is 25.2 Å². The molecule has 0 saturated carbocycles. The van der Waals surface area contributed by atoms with E-state index in [4.69, 9.17) is 22.8 Å². The molecule has 68 valence electrons. The molecule has 1 fully saturated rings. The lowest BCUT2D eigenvalue weighted by Gasteiger charge is -2.38. The highest BCUT2D eigenvalue weighted by Crippen LogP contribution is 2.26. The van der Waals surface area contributed by atoms with Crippen molar-refractivity contribution in [2.24, 2.45) is 0 Å². The topological polar surface area (TPSA) is 90.2 Å². The van der Waals surface area contributed by atoms with E-state index in [1.165, 1.54) is 0 Å². The van der Waals surface area contributed by atoms with Crippen molar-refractivity contribution in [3.63, 3.8) is 0 Å². The Morgan fingerprint density at radius 1 is 1.17 bits per heavy atom. The molecule has 1 rings (SSSR count). The maximum atomic E-state index is 9.20. The van der Waals surface area contributed by atoms with Crippen LogP contribution in [0.25, 0.3) is 0 Å². The molecule has 0 aromatic heterocycles. The summed E-state index contributed by atoms with van der Waals surface area (Å²) in [6.07, 6.45) is -4.85. The molecule has 2 unspecified atom stereocenters. The van der Waals surface area contributed by atoms with Gasteiger partial charge in [-0.25, -0.2) is 0 Å². The maximum absolute atomic E-state index is 9.20. The van der Waals surface area contributed by atoms with Gasteiger partial charge in [-0.05, 0) is 0 Å². The van der Waals surface area contributed by atoms with E-state index in [1.807, 2.05) is 0 Å². The van der Waals surface area contributed by atoms with E-state index in [9.17, 15) is 10.2 Å². The molecule has 0 amide bonds. The molecule has 6 heteroatoms. The predicted octanol–water partition coefficient (Wildman–Crippen LogP) is -2.63. The normalized spacial score (nSPS) is 49.2. The molecule has 1 aliphatic rings. The molecule has 0 aliphatic carbocycles. The van der Waals surface area contributed by atoms with Crippen LogP contribution < -0.4 is 0 Å². The van der Waals surface area contributed by atoms with Crippen LogP contribution in [0, 0.1) is 0 Å². The fourth-order valence-corrected chi connectivity index (χ4v) is 1.12. The second kappa shape index (κ2) is 3.72. The molecular weight excluding hydrogens is 163 g/mol. The third-order valence-electron chi connectivity index (χ3n) is 1.95. The summed E-state index contributed by atoms with van der Waals surface area (Å²) in [5.41, 5.74) is 0. The monoisotopic (exact) mass is 174 g/mol. The Kier molecular flexibility index (Phi) is 3.08. The summed E-state index contributed by atoms with van der Waals surface area (Å²) >= 11 is 0. The SMILES string of the molecule is [B]C1[C@@H](O)[C@H](O)C(CO)O[C@@H]1O. The molecule has 1 heterocycles. The first kappa shape index (κ1) is 9.95. The molecule has 0 aromatic carbocycles. The van der Waals surface area contributed by atoms with Crippen LogP contribution >= 0.6 is 0 Å². The summed E-state index contributed by atoms with van der Waals surface area (Å²) < 4.78 is 4.70. The third kappa shape index (κ3) is 1.62. The average molecular weight is 174 g/mol. The van der Waals surface area contributed by atoms with Gasteiger partial charge >= 0.3 is 0 Å². The number of aliphatic hydroxyl groups excluding tert-OH is 4. The van der Waals surface area contributed by atoms with Gasteiger partial charge in [-0.15, -0.1) is 0 Å². The van der Waals surface area contributed by atoms with Crippen LogP contribution in [0.5, 0.6) is 0 Å². The van der Waals surface area contributed by atoms with Crippen molar-refractivity contribution >= 4 is 7.85 Å². The molecule has 2 radical (unpaired) electrons. The Morgan fingerprint density at radius 2 is 1.75 bits per heavy atom. The standard InChI is InChI=1S/C6H11BO5/c7-3-5(10)4(9)2(1-8)12-6(3)11/h2-6,8-11H,1H2/t2?,3?,4-,5-,6+/m1/s1. The van der Waals surface area contributed by atoms with E-state index < -0.39 is 37.0 Å². The van der Waals surface area contributed by atoms with Crippen LogP contribution in [0.4, 0.5) is 0 Å². The van der Waals surface area contributed by atoms with Gasteiger partial charge in [0.05, 0.1) is 20.6 Å². The van der Waals surface area contributed by atoms with Gasteiger partial charge in [0.1, 0.15) is 12.2 Å². The lowest BCUT2D eigenvalue weighted by atomic mass is 9.77. The van der Waals surface area contributed by atoms with E-state index in [2.05, 4.69) is 0 Å². The van der Waals surface area contributed by atoms with Crippen molar-refractivity contribution in [2.45, 2.75) is 30.4 Å². The summed E-state index contributed by atoms with van der Waals surface area (Å²) in [5.74, 6) is -1.04. The summed E-state index contributed by atoms with van der Waals surface area (Å²) in [5, 5.41) is 36.1. The Balaban J connectivity index is 2.63. The van der Waals surface area contributed by atoms with Crippen LogP contribution in [0.1, 0.15) is 0 Å². The fraction of sp³-hybridized carbons (Fsp3) is 1.00. The van der Waals surface area contributed by atoms with Gasteiger partial charge in [-0.2, -0.15) is 0 Å². The van der Waals surface area contributed by atoms with Crippen LogP contribution in [0.15, 0.2) is 0 Å². The first-order valence-corrected chi connectivity index (χ1v) is 3.64. The number of rotatable bonds is 1. The van der Waals surface area contributed by atoms with Gasteiger partial charge in [0.25, 0.3) is 0 Å². The molecule has 5 atom stereocenters. The van der Waals surface area contributed by atoms with Crippen molar-refractivity contribution in [3.05, 3.63) is 0 Å². The van der Waals surface area contributed by atoms with Gasteiger partial charge in [0.2, 0.25) is 0 Å². The van der Waals surface area contributed by atoms with Crippen molar-refractivity contribution in [2.75, 3.05) is 6.61 Å². The average Bonchev–Trinajstić information content (AvgIpc) is 2.08. The summed E-state index contributed by atoms with van der Waals surface area (Å²) in [6, 6.07) is 0. The van der Waals surface area contributed by atoms with Crippen LogP contribution in [0.2, 0.25) is 5.82 Å². The zero-order valence-corrected chi connectivity index (χ0v) is 6.37. The second-order valence-electron chi connectivity index (χ2n) is 2.81. The minimum absolute atomic E-state index is 0.470. The van der Waals surface area contributed by atoms with E-state index in [-0.39, 0.29) is 0 Å². The Labute approximate surface area is 71.0 Å². The minimum Gasteiger partial charge on any atom is -0.394 e. The first-order chi connectivity index (χ1) is 5.57. The van der Waals surface area contributed by atoms with Crippen LogP contribution in [-0.2, 0) is 4.74 Å².